The minimum atomic E-state index is -1.07. The molecule has 0 radical (unpaired) electrons. The van der Waals surface area contributed by atoms with Gasteiger partial charge in [-0.25, -0.2) is 18.6 Å². The van der Waals surface area contributed by atoms with E-state index < -0.39 is 35.1 Å². The highest BCUT2D eigenvalue weighted by molar-refractivity contribution is 6.34. The number of hydrogen-bond acceptors (Lipinski definition) is 11. The van der Waals surface area contributed by atoms with Gasteiger partial charge in [0.15, 0.2) is 22.8 Å². The Morgan fingerprint density at radius 3 is 2.35 bits per heavy atom. The van der Waals surface area contributed by atoms with E-state index >= 15 is 8.78 Å². The molecule has 5 aromatic rings. The Bertz CT molecular complexity index is 2840. The van der Waals surface area contributed by atoms with Crippen LogP contribution in [0.1, 0.15) is 85.2 Å². The number of hydrogen-bond donors (Lipinski definition) is 3. The Balaban J connectivity index is 0.709. The van der Waals surface area contributed by atoms with Gasteiger partial charge < -0.3 is 34.7 Å². The molecule has 10 rings (SSSR count). The van der Waals surface area contributed by atoms with Crippen molar-refractivity contribution >= 4 is 52.1 Å². The van der Waals surface area contributed by atoms with E-state index in [0.29, 0.717) is 53.8 Å². The van der Waals surface area contributed by atoms with Gasteiger partial charge in [-0.15, -0.1) is 0 Å². The molecule has 3 saturated heterocycles. The van der Waals surface area contributed by atoms with E-state index in [1.807, 2.05) is 55.5 Å². The van der Waals surface area contributed by atoms with Crippen LogP contribution < -0.4 is 30.7 Å². The van der Waals surface area contributed by atoms with Crippen molar-refractivity contribution in [3.63, 3.8) is 0 Å². The van der Waals surface area contributed by atoms with Gasteiger partial charge in [0.2, 0.25) is 23.6 Å². The van der Waals surface area contributed by atoms with E-state index in [2.05, 4.69) is 25.3 Å². The van der Waals surface area contributed by atoms with Crippen molar-refractivity contribution < 1.29 is 41.8 Å². The van der Waals surface area contributed by atoms with E-state index in [9.17, 15) is 19.2 Å². The molecule has 1 aromatic heterocycles. The fourth-order valence-electron chi connectivity index (χ4n) is 11.5. The van der Waals surface area contributed by atoms with Gasteiger partial charge in [0.05, 0.1) is 24.2 Å². The minimum absolute atomic E-state index is 0.00123. The molecule has 4 aliphatic heterocycles. The topological polar surface area (TPSA) is 176 Å². The van der Waals surface area contributed by atoms with Crippen molar-refractivity contribution in [3.05, 3.63) is 106 Å². The number of methoxy groups -OCH3 is 1. The number of halogens is 3. The third kappa shape index (κ3) is 9.56. The summed E-state index contributed by atoms with van der Waals surface area (Å²) in [5.74, 6) is -1.98. The van der Waals surface area contributed by atoms with Crippen LogP contribution in [-0.2, 0) is 21.7 Å². The summed E-state index contributed by atoms with van der Waals surface area (Å²) in [5.41, 5.74) is 7.57. The number of aromatic nitrogens is 1. The number of amides is 5. The zero-order chi connectivity index (χ0) is 49.6. The Morgan fingerprint density at radius 2 is 1.65 bits per heavy atom. The molecule has 2 unspecified atom stereocenters. The van der Waals surface area contributed by atoms with Crippen LogP contribution in [0.15, 0.2) is 71.1 Å². The number of fused-ring (bicyclic) bond motifs is 2. The standard InChI is InChI=1S/C53H59ClF2N8O7/c1-31-45-42(27-38(55)48(54)47(45)46-37(50(57)66)13-15-41(69-2)49(46)56)71-53(31,34-6-4-3-5-7-34)30-58-35-10-8-33(9-11-35)51(67)63-19-16-32(17-20-63)28-61-22-24-62(25-23-61)29-44-59-39-26-36(12-14-40(39)70-44)64-21-18-43(65)60-52(64)68/h3-7,12-15,26-27,31-33,35,58H,8-11,16-25,28-30H2,1-2H3,(H2,57,66)(H,60,65,68). The number of imide groups is 1. The summed E-state index contributed by atoms with van der Waals surface area (Å²) in [6.07, 6.45) is 5.33. The molecule has 5 aliphatic rings. The number of anilines is 1. The van der Waals surface area contributed by atoms with Gasteiger partial charge in [-0.1, -0.05) is 48.9 Å². The summed E-state index contributed by atoms with van der Waals surface area (Å²) < 4.78 is 50.1. The lowest BCUT2D eigenvalue weighted by atomic mass is 9.77. The predicted octanol–water partition coefficient (Wildman–Crippen LogP) is 7.58. The van der Waals surface area contributed by atoms with Crippen molar-refractivity contribution in [1.82, 2.24) is 30.3 Å². The summed E-state index contributed by atoms with van der Waals surface area (Å²) in [5, 5.41) is 5.76. The smallest absolute Gasteiger partial charge is 0.328 e. The number of likely N-dealkylation sites (tertiary alicyclic amines) is 1. The highest BCUT2D eigenvalue weighted by Crippen LogP contribution is 2.56. The molecule has 5 amide bonds. The lowest BCUT2D eigenvalue weighted by Crippen LogP contribution is -2.50. The Kier molecular flexibility index (Phi) is 13.8. The number of oxazole rings is 1. The molecule has 4 N–H and O–H groups in total. The van der Waals surface area contributed by atoms with E-state index in [-0.39, 0.29) is 63.4 Å². The van der Waals surface area contributed by atoms with E-state index in [4.69, 9.17) is 36.2 Å². The average Bonchev–Trinajstić information content (AvgIpc) is 3.91. The summed E-state index contributed by atoms with van der Waals surface area (Å²) in [4.78, 5) is 63.8. The lowest BCUT2D eigenvalue weighted by Gasteiger charge is -2.40. The second kappa shape index (κ2) is 20.2. The summed E-state index contributed by atoms with van der Waals surface area (Å²) in [6, 6.07) is 18.6. The van der Waals surface area contributed by atoms with E-state index in [0.717, 1.165) is 89.9 Å². The lowest BCUT2D eigenvalue weighted by molar-refractivity contribution is -0.138. The number of piperidine rings is 1. The quantitative estimate of drug-likeness (QED) is 0.106. The summed E-state index contributed by atoms with van der Waals surface area (Å²) >= 11 is 6.70. The summed E-state index contributed by atoms with van der Waals surface area (Å²) in [7, 11) is 1.30. The van der Waals surface area contributed by atoms with Crippen LogP contribution in [0.5, 0.6) is 11.5 Å². The number of carbonyl (C=O) groups excluding carboxylic acids is 4. The first-order valence-electron chi connectivity index (χ1n) is 24.7. The molecule has 0 bridgehead atoms. The number of benzene rings is 4. The SMILES string of the molecule is COc1ccc(C(N)=O)c(-c2c(Cl)c(F)cc3c2C(C)C(CNC2CCC(C(=O)N4CCC(CN5CCN(Cc6nc7cc(N8CCC(=O)NC8=O)ccc7o6)CC5)CC4)CC2)(c2ccccc2)O3)c1F. The van der Waals surface area contributed by atoms with Gasteiger partial charge in [0.1, 0.15) is 17.1 Å². The zero-order valence-corrected chi connectivity index (χ0v) is 40.7. The van der Waals surface area contributed by atoms with Crippen molar-refractivity contribution in [2.75, 3.05) is 70.9 Å². The van der Waals surface area contributed by atoms with Crippen LogP contribution in [0.2, 0.25) is 5.02 Å². The van der Waals surface area contributed by atoms with E-state index in [1.165, 1.54) is 25.3 Å². The number of primary amides is 1. The summed E-state index contributed by atoms with van der Waals surface area (Å²) in [6.45, 7) is 9.43. The highest BCUT2D eigenvalue weighted by Gasteiger charge is 2.50. The Labute approximate surface area is 415 Å². The number of carbonyl (C=O) groups is 4. The first kappa shape index (κ1) is 48.5. The molecule has 4 fully saturated rings. The van der Waals surface area contributed by atoms with Gasteiger partial charge in [-0.3, -0.25) is 29.5 Å². The molecule has 1 saturated carbocycles. The fourth-order valence-corrected chi connectivity index (χ4v) is 11.8. The second-order valence-corrected chi connectivity index (χ2v) is 20.1. The van der Waals surface area contributed by atoms with Crippen molar-refractivity contribution in [2.24, 2.45) is 17.6 Å². The Morgan fingerprint density at radius 1 is 0.915 bits per heavy atom. The molecule has 374 valence electrons. The predicted molar refractivity (Wildman–Crippen MR) is 263 cm³/mol. The first-order chi connectivity index (χ1) is 34.3. The molecule has 1 aliphatic carbocycles. The van der Waals surface area contributed by atoms with Crippen LogP contribution in [0.25, 0.3) is 22.2 Å². The van der Waals surface area contributed by atoms with Crippen LogP contribution in [-0.4, -0.2) is 115 Å². The number of nitrogens with zero attached hydrogens (tertiary/aromatic N) is 5. The molecule has 4 aromatic carbocycles. The number of rotatable bonds is 13. The number of urea groups is 1. The van der Waals surface area contributed by atoms with Crippen molar-refractivity contribution in [2.45, 2.75) is 76.0 Å². The van der Waals surface area contributed by atoms with Crippen LogP contribution in [0, 0.1) is 23.5 Å². The maximum absolute atomic E-state index is 16.2. The van der Waals surface area contributed by atoms with Crippen molar-refractivity contribution in [1.29, 1.82) is 0 Å². The molecular formula is C53H59ClF2N8O7. The zero-order valence-electron chi connectivity index (χ0n) is 40.0. The molecule has 71 heavy (non-hydrogen) atoms. The molecule has 18 heteroatoms. The Hall–Kier alpha value is -6.14. The van der Waals surface area contributed by atoms with Gasteiger partial charge in [-0.2, -0.15) is 0 Å². The molecule has 0 spiro atoms. The first-order valence-corrected chi connectivity index (χ1v) is 25.1. The van der Waals surface area contributed by atoms with E-state index in [1.54, 1.807) is 4.90 Å². The minimum Gasteiger partial charge on any atom is -0.494 e. The molecular weight excluding hydrogens is 934 g/mol. The third-order valence-electron chi connectivity index (χ3n) is 15.5. The van der Waals surface area contributed by atoms with Gasteiger partial charge >= 0.3 is 6.03 Å². The largest absolute Gasteiger partial charge is 0.494 e. The average molecular weight is 994 g/mol. The van der Waals surface area contributed by atoms with Crippen molar-refractivity contribution in [3.8, 4) is 22.6 Å². The molecule has 15 nitrogen and oxygen atoms in total. The molecule has 2 atom stereocenters. The van der Waals surface area contributed by atoms with Crippen LogP contribution in [0.3, 0.4) is 0 Å². The third-order valence-corrected chi connectivity index (χ3v) is 15.9. The second-order valence-electron chi connectivity index (χ2n) is 19.7. The highest BCUT2D eigenvalue weighted by atomic mass is 35.5. The maximum Gasteiger partial charge on any atom is 0.328 e. The number of ether oxygens (including phenoxy) is 2. The van der Waals surface area contributed by atoms with Crippen LogP contribution >= 0.6 is 11.6 Å². The number of nitrogens with one attached hydrogen (secondary N) is 2. The van der Waals surface area contributed by atoms with Gasteiger partial charge in [0, 0.05) is 112 Å². The van der Waals surface area contributed by atoms with Gasteiger partial charge in [0.25, 0.3) is 0 Å². The van der Waals surface area contributed by atoms with Crippen LogP contribution in [0.4, 0.5) is 19.3 Å². The van der Waals surface area contributed by atoms with Gasteiger partial charge in [-0.05, 0) is 80.3 Å². The molecule has 5 heterocycles. The normalized spacial score (nSPS) is 23.4. The fraction of sp³-hybridized carbons (Fsp3) is 0.453. The maximum atomic E-state index is 16.2. The number of piperazine rings is 1. The monoisotopic (exact) mass is 992 g/mol. The number of nitrogens with two attached hydrogens (primary N) is 1.